The van der Waals surface area contributed by atoms with Crippen molar-refractivity contribution in [1.29, 1.82) is 0 Å². The van der Waals surface area contributed by atoms with Crippen LogP contribution in [0.3, 0.4) is 0 Å². The van der Waals surface area contributed by atoms with E-state index in [1.165, 1.54) is 19.4 Å². The third-order valence-corrected chi connectivity index (χ3v) is 4.68. The van der Waals surface area contributed by atoms with Crippen molar-refractivity contribution in [3.63, 3.8) is 0 Å². The lowest BCUT2D eigenvalue weighted by Gasteiger charge is -2.39. The molecule has 4 rings (SSSR count). The Labute approximate surface area is 124 Å². The Morgan fingerprint density at radius 3 is 2.90 bits per heavy atom. The van der Waals surface area contributed by atoms with Crippen molar-refractivity contribution in [2.75, 3.05) is 32.8 Å². The smallest absolute Gasteiger partial charge is 0.267 e. The fourth-order valence-electron chi connectivity index (χ4n) is 3.54. The number of para-hydroxylation sites is 2. The van der Waals surface area contributed by atoms with Crippen molar-refractivity contribution in [2.24, 2.45) is 0 Å². The van der Waals surface area contributed by atoms with Crippen LogP contribution in [-0.4, -0.2) is 60.6 Å². The number of hydrogen-bond acceptors (Lipinski definition) is 4. The van der Waals surface area contributed by atoms with E-state index in [9.17, 15) is 4.79 Å². The molecule has 1 aromatic carbocycles. The van der Waals surface area contributed by atoms with Gasteiger partial charge in [-0.05, 0) is 31.5 Å². The lowest BCUT2D eigenvalue weighted by molar-refractivity contribution is -0.143. The molecule has 0 aliphatic carbocycles. The molecule has 0 aromatic heterocycles. The molecule has 0 saturated carbocycles. The maximum atomic E-state index is 12.7. The molecule has 5 nitrogen and oxygen atoms in total. The van der Waals surface area contributed by atoms with Gasteiger partial charge in [0, 0.05) is 25.7 Å². The summed E-state index contributed by atoms with van der Waals surface area (Å²) in [5.41, 5.74) is 0. The van der Waals surface area contributed by atoms with Crippen molar-refractivity contribution in [2.45, 2.75) is 25.0 Å². The second kappa shape index (κ2) is 5.22. The highest BCUT2D eigenvalue weighted by atomic mass is 16.6. The van der Waals surface area contributed by atoms with Crippen molar-refractivity contribution in [3.05, 3.63) is 24.3 Å². The molecule has 0 spiro atoms. The van der Waals surface area contributed by atoms with Crippen molar-refractivity contribution < 1.29 is 14.3 Å². The van der Waals surface area contributed by atoms with Crippen LogP contribution in [0.15, 0.2) is 24.3 Å². The Bertz CT molecular complexity index is 548. The average Bonchev–Trinajstić information content (AvgIpc) is 3.01. The molecule has 1 amide bonds. The Morgan fingerprint density at radius 1 is 1.14 bits per heavy atom. The fraction of sp³-hybridized carbons (Fsp3) is 0.562. The van der Waals surface area contributed by atoms with Crippen LogP contribution in [0.4, 0.5) is 0 Å². The number of fused-ring (bicyclic) bond motifs is 2. The normalized spacial score (nSPS) is 28.3. The topological polar surface area (TPSA) is 42.0 Å². The molecule has 0 bridgehead atoms. The molecule has 0 N–H and O–H groups in total. The van der Waals surface area contributed by atoms with Gasteiger partial charge in [0.05, 0.1) is 0 Å². The first-order valence-corrected chi connectivity index (χ1v) is 7.72. The minimum absolute atomic E-state index is 0.0658. The molecule has 2 saturated heterocycles. The second-order valence-electron chi connectivity index (χ2n) is 5.98. The minimum Gasteiger partial charge on any atom is -0.485 e. The maximum absolute atomic E-state index is 12.7. The fourth-order valence-corrected chi connectivity index (χ4v) is 3.54. The third kappa shape index (κ3) is 2.35. The standard InChI is InChI=1S/C16H20N2O3/c19-16(18-9-8-17-7-3-4-12(17)10-18)15-11-20-13-5-1-2-6-14(13)21-15/h1-2,5-6,12,15H,3-4,7-11H2. The molecule has 2 unspecified atom stereocenters. The zero-order valence-corrected chi connectivity index (χ0v) is 12.0. The summed E-state index contributed by atoms with van der Waals surface area (Å²) >= 11 is 0. The number of carbonyl (C=O) groups excluding carboxylic acids is 1. The van der Waals surface area contributed by atoms with Gasteiger partial charge in [-0.3, -0.25) is 9.69 Å². The van der Waals surface area contributed by atoms with Crippen LogP contribution in [0.5, 0.6) is 11.5 Å². The number of hydrogen-bond donors (Lipinski definition) is 0. The highest BCUT2D eigenvalue weighted by Crippen LogP contribution is 2.31. The van der Waals surface area contributed by atoms with Gasteiger partial charge in [0.25, 0.3) is 5.91 Å². The zero-order chi connectivity index (χ0) is 14.2. The molecule has 112 valence electrons. The average molecular weight is 288 g/mol. The molecule has 1 aromatic rings. The van der Waals surface area contributed by atoms with E-state index in [2.05, 4.69) is 4.90 Å². The van der Waals surface area contributed by atoms with Gasteiger partial charge in [0.1, 0.15) is 6.61 Å². The number of carbonyl (C=O) groups is 1. The van der Waals surface area contributed by atoms with Crippen LogP contribution in [0.25, 0.3) is 0 Å². The SMILES string of the molecule is O=C(C1COc2ccccc2O1)N1CCN2CCCC2C1. The number of ether oxygens (including phenoxy) is 2. The largest absolute Gasteiger partial charge is 0.485 e. The zero-order valence-electron chi connectivity index (χ0n) is 12.0. The Kier molecular flexibility index (Phi) is 3.22. The summed E-state index contributed by atoms with van der Waals surface area (Å²) in [5, 5.41) is 0. The second-order valence-corrected chi connectivity index (χ2v) is 5.98. The van der Waals surface area contributed by atoms with Gasteiger partial charge in [-0.25, -0.2) is 0 Å². The van der Waals surface area contributed by atoms with Crippen molar-refractivity contribution in [3.8, 4) is 11.5 Å². The molecule has 5 heteroatoms. The number of piperazine rings is 1. The molecule has 0 radical (unpaired) electrons. The summed E-state index contributed by atoms with van der Waals surface area (Å²) in [4.78, 5) is 17.1. The van der Waals surface area contributed by atoms with Gasteiger partial charge in [-0.15, -0.1) is 0 Å². The monoisotopic (exact) mass is 288 g/mol. The van der Waals surface area contributed by atoms with Crippen LogP contribution in [0.1, 0.15) is 12.8 Å². The lowest BCUT2D eigenvalue weighted by Crippen LogP contribution is -2.56. The molecule has 21 heavy (non-hydrogen) atoms. The van der Waals surface area contributed by atoms with Gasteiger partial charge < -0.3 is 14.4 Å². The van der Waals surface area contributed by atoms with Gasteiger partial charge >= 0.3 is 0 Å². The minimum atomic E-state index is -0.507. The summed E-state index contributed by atoms with van der Waals surface area (Å²) in [7, 11) is 0. The number of benzene rings is 1. The molecule has 3 aliphatic rings. The summed E-state index contributed by atoms with van der Waals surface area (Å²) in [6.45, 7) is 4.11. The first kappa shape index (κ1) is 13.0. The van der Waals surface area contributed by atoms with Crippen LogP contribution in [0.2, 0.25) is 0 Å². The van der Waals surface area contributed by atoms with Crippen LogP contribution in [0, 0.1) is 0 Å². The Morgan fingerprint density at radius 2 is 2.00 bits per heavy atom. The first-order valence-electron chi connectivity index (χ1n) is 7.72. The third-order valence-electron chi connectivity index (χ3n) is 4.68. The van der Waals surface area contributed by atoms with Crippen molar-refractivity contribution >= 4 is 5.91 Å². The van der Waals surface area contributed by atoms with E-state index in [0.717, 1.165) is 25.4 Å². The summed E-state index contributed by atoms with van der Waals surface area (Å²) in [5.74, 6) is 1.46. The van der Waals surface area contributed by atoms with E-state index < -0.39 is 6.10 Å². The molecule has 3 aliphatic heterocycles. The van der Waals surface area contributed by atoms with Gasteiger partial charge in [0.2, 0.25) is 6.10 Å². The van der Waals surface area contributed by atoms with E-state index >= 15 is 0 Å². The molecule has 3 heterocycles. The maximum Gasteiger partial charge on any atom is 0.267 e. The number of nitrogens with zero attached hydrogens (tertiary/aromatic N) is 2. The highest BCUT2D eigenvalue weighted by Gasteiger charge is 2.37. The first-order chi connectivity index (χ1) is 10.3. The van der Waals surface area contributed by atoms with Gasteiger partial charge in [-0.2, -0.15) is 0 Å². The van der Waals surface area contributed by atoms with Gasteiger partial charge in [0.15, 0.2) is 11.5 Å². The van der Waals surface area contributed by atoms with Crippen molar-refractivity contribution in [1.82, 2.24) is 9.80 Å². The van der Waals surface area contributed by atoms with E-state index in [1.807, 2.05) is 29.2 Å². The summed E-state index contributed by atoms with van der Waals surface area (Å²) in [6.07, 6.45) is 1.95. The van der Waals surface area contributed by atoms with E-state index in [4.69, 9.17) is 9.47 Å². The predicted molar refractivity (Wildman–Crippen MR) is 77.5 cm³/mol. The highest BCUT2D eigenvalue weighted by molar-refractivity contribution is 5.82. The Balaban J connectivity index is 1.44. The molecular formula is C16H20N2O3. The van der Waals surface area contributed by atoms with Crippen LogP contribution in [-0.2, 0) is 4.79 Å². The molecule has 2 atom stereocenters. The summed E-state index contributed by atoms with van der Waals surface area (Å²) in [6, 6.07) is 8.06. The van der Waals surface area contributed by atoms with E-state index in [0.29, 0.717) is 18.4 Å². The Hall–Kier alpha value is -1.75. The van der Waals surface area contributed by atoms with E-state index in [1.54, 1.807) is 0 Å². The van der Waals surface area contributed by atoms with Crippen LogP contribution < -0.4 is 9.47 Å². The predicted octanol–water partition coefficient (Wildman–Crippen LogP) is 1.13. The number of rotatable bonds is 1. The van der Waals surface area contributed by atoms with Crippen LogP contribution >= 0.6 is 0 Å². The summed E-state index contributed by atoms with van der Waals surface area (Å²) < 4.78 is 11.5. The van der Waals surface area contributed by atoms with Gasteiger partial charge in [-0.1, -0.05) is 12.1 Å². The lowest BCUT2D eigenvalue weighted by atomic mass is 10.1. The molecule has 2 fully saturated rings. The quantitative estimate of drug-likeness (QED) is 0.777. The molecular weight excluding hydrogens is 268 g/mol. The number of amides is 1. The van der Waals surface area contributed by atoms with E-state index in [-0.39, 0.29) is 5.91 Å².